The molecular formula is C16H27N5OS. The van der Waals surface area contributed by atoms with Crippen molar-refractivity contribution in [1.29, 1.82) is 0 Å². The van der Waals surface area contributed by atoms with Crippen LogP contribution < -0.4 is 10.6 Å². The highest BCUT2D eigenvalue weighted by Crippen LogP contribution is 2.18. The molecule has 0 saturated heterocycles. The Bertz CT molecular complexity index is 509. The van der Waals surface area contributed by atoms with Crippen molar-refractivity contribution in [3.63, 3.8) is 0 Å². The van der Waals surface area contributed by atoms with Crippen LogP contribution in [0.25, 0.3) is 0 Å². The predicted octanol–water partition coefficient (Wildman–Crippen LogP) is 1.81. The molecule has 0 radical (unpaired) electrons. The number of hydrogen-bond donors (Lipinski definition) is 2. The molecule has 1 amide bonds. The summed E-state index contributed by atoms with van der Waals surface area (Å²) in [5, 5.41) is 9.93. The van der Waals surface area contributed by atoms with E-state index in [9.17, 15) is 4.79 Å². The lowest BCUT2D eigenvalue weighted by Gasteiger charge is -2.19. The molecule has 1 aliphatic carbocycles. The molecule has 1 aliphatic rings. The summed E-state index contributed by atoms with van der Waals surface area (Å²) in [5.41, 5.74) is 0. The van der Waals surface area contributed by atoms with Crippen molar-refractivity contribution in [2.75, 3.05) is 27.2 Å². The van der Waals surface area contributed by atoms with Crippen molar-refractivity contribution in [3.05, 3.63) is 16.6 Å². The molecule has 7 heteroatoms. The molecule has 0 bridgehead atoms. The van der Waals surface area contributed by atoms with Crippen LogP contribution in [-0.2, 0) is 4.79 Å². The molecule has 1 unspecified atom stereocenters. The summed E-state index contributed by atoms with van der Waals surface area (Å²) in [6, 6.07) is 0.464. The van der Waals surface area contributed by atoms with Gasteiger partial charge in [0.1, 0.15) is 6.54 Å². The van der Waals surface area contributed by atoms with E-state index in [2.05, 4.69) is 27.5 Å². The van der Waals surface area contributed by atoms with Gasteiger partial charge in [0.25, 0.3) is 0 Å². The molecule has 0 aromatic carbocycles. The number of nitrogens with one attached hydrogen (secondary N) is 2. The van der Waals surface area contributed by atoms with E-state index in [4.69, 9.17) is 0 Å². The highest BCUT2D eigenvalue weighted by molar-refractivity contribution is 7.09. The Morgan fingerprint density at radius 3 is 2.83 bits per heavy atom. The molecule has 1 aromatic rings. The Morgan fingerprint density at radius 1 is 1.48 bits per heavy atom. The lowest BCUT2D eigenvalue weighted by atomic mass is 10.2. The molecule has 1 fully saturated rings. The van der Waals surface area contributed by atoms with Crippen LogP contribution in [-0.4, -0.2) is 55.0 Å². The van der Waals surface area contributed by atoms with E-state index in [0.717, 1.165) is 17.5 Å². The summed E-state index contributed by atoms with van der Waals surface area (Å²) in [6.45, 7) is 3.06. The number of guanidine groups is 1. The number of nitrogens with zero attached hydrogens (tertiary/aromatic N) is 3. The Kier molecular flexibility index (Phi) is 6.83. The molecule has 128 valence electrons. The first-order chi connectivity index (χ1) is 11.1. The monoisotopic (exact) mass is 337 g/mol. The number of amides is 1. The zero-order chi connectivity index (χ0) is 16.7. The molecule has 6 nitrogen and oxygen atoms in total. The fraction of sp³-hybridized carbons (Fsp3) is 0.688. The molecule has 1 aromatic heterocycles. The third kappa shape index (κ3) is 5.82. The van der Waals surface area contributed by atoms with E-state index in [1.54, 1.807) is 30.3 Å². The van der Waals surface area contributed by atoms with Gasteiger partial charge in [0.15, 0.2) is 5.96 Å². The summed E-state index contributed by atoms with van der Waals surface area (Å²) < 4.78 is 0. The lowest BCUT2D eigenvalue weighted by Crippen LogP contribution is -2.44. The van der Waals surface area contributed by atoms with Crippen LogP contribution in [0.3, 0.4) is 0 Å². The second-order valence-electron chi connectivity index (χ2n) is 6.23. The Labute approximate surface area is 142 Å². The zero-order valence-electron chi connectivity index (χ0n) is 14.2. The van der Waals surface area contributed by atoms with Crippen molar-refractivity contribution >= 4 is 23.2 Å². The quantitative estimate of drug-likeness (QED) is 0.614. The molecule has 2 N–H and O–H groups in total. The minimum Gasteiger partial charge on any atom is -0.356 e. The van der Waals surface area contributed by atoms with Crippen LogP contribution in [0.4, 0.5) is 0 Å². The maximum absolute atomic E-state index is 11.8. The number of likely N-dealkylation sites (N-methyl/N-ethyl adjacent to an activating group) is 1. The number of aromatic nitrogens is 1. The standard InChI is InChI=1S/C16H27N5OS/c1-12(15-17-8-9-23-15)10-18-16(19-11-14(22)21(2)3)20-13-6-4-5-7-13/h8-9,12-13H,4-7,10-11H2,1-3H3,(H2,18,19,20). The van der Waals surface area contributed by atoms with E-state index in [-0.39, 0.29) is 12.5 Å². The van der Waals surface area contributed by atoms with Gasteiger partial charge in [0.2, 0.25) is 5.91 Å². The first-order valence-electron chi connectivity index (χ1n) is 8.20. The Morgan fingerprint density at radius 2 is 2.22 bits per heavy atom. The first kappa shape index (κ1) is 17.7. The van der Waals surface area contributed by atoms with Crippen molar-refractivity contribution in [1.82, 2.24) is 20.5 Å². The van der Waals surface area contributed by atoms with Crippen molar-refractivity contribution < 1.29 is 4.79 Å². The topological polar surface area (TPSA) is 69.6 Å². The van der Waals surface area contributed by atoms with Crippen LogP contribution in [0.1, 0.15) is 43.5 Å². The number of rotatable bonds is 6. The van der Waals surface area contributed by atoms with Gasteiger partial charge in [0, 0.05) is 44.2 Å². The van der Waals surface area contributed by atoms with Gasteiger partial charge >= 0.3 is 0 Å². The molecule has 0 spiro atoms. The number of carbonyl (C=O) groups is 1. The summed E-state index contributed by atoms with van der Waals surface area (Å²) in [4.78, 5) is 22.1. The normalized spacial score (nSPS) is 17.1. The average molecular weight is 337 g/mol. The van der Waals surface area contributed by atoms with Gasteiger partial charge in [0.05, 0.1) is 5.01 Å². The van der Waals surface area contributed by atoms with E-state index in [1.807, 2.05) is 11.6 Å². The molecule has 1 atom stereocenters. The Balaban J connectivity index is 1.91. The average Bonchev–Trinajstić information content (AvgIpc) is 3.22. The van der Waals surface area contributed by atoms with Gasteiger partial charge in [-0.2, -0.15) is 0 Å². The van der Waals surface area contributed by atoms with Gasteiger partial charge in [-0.3, -0.25) is 4.79 Å². The number of aliphatic imine (C=N–C) groups is 1. The highest BCUT2D eigenvalue weighted by atomic mass is 32.1. The SMILES string of the molecule is CC(CNC(=NCC(=O)N(C)C)NC1CCCC1)c1nccs1. The van der Waals surface area contributed by atoms with Gasteiger partial charge in [-0.05, 0) is 12.8 Å². The number of thiazole rings is 1. The minimum atomic E-state index is 0.00509. The molecular weight excluding hydrogens is 310 g/mol. The van der Waals surface area contributed by atoms with Gasteiger partial charge in [-0.15, -0.1) is 11.3 Å². The van der Waals surface area contributed by atoms with E-state index in [1.165, 1.54) is 25.7 Å². The van der Waals surface area contributed by atoms with Crippen LogP contribution in [0.5, 0.6) is 0 Å². The van der Waals surface area contributed by atoms with E-state index >= 15 is 0 Å². The summed E-state index contributed by atoms with van der Waals surface area (Å²) in [5.74, 6) is 1.05. The maximum atomic E-state index is 11.8. The molecule has 23 heavy (non-hydrogen) atoms. The number of carbonyl (C=O) groups excluding carboxylic acids is 1. The van der Waals surface area contributed by atoms with E-state index < -0.39 is 0 Å². The van der Waals surface area contributed by atoms with Crippen molar-refractivity contribution in [2.24, 2.45) is 4.99 Å². The maximum Gasteiger partial charge on any atom is 0.243 e. The smallest absolute Gasteiger partial charge is 0.243 e. The van der Waals surface area contributed by atoms with Crippen molar-refractivity contribution in [2.45, 2.75) is 44.6 Å². The molecule has 1 saturated carbocycles. The lowest BCUT2D eigenvalue weighted by molar-refractivity contribution is -0.127. The van der Waals surface area contributed by atoms with Crippen LogP contribution >= 0.6 is 11.3 Å². The fourth-order valence-electron chi connectivity index (χ4n) is 2.52. The first-order valence-corrected chi connectivity index (χ1v) is 9.08. The fourth-order valence-corrected chi connectivity index (χ4v) is 3.22. The van der Waals surface area contributed by atoms with Crippen LogP contribution in [0.2, 0.25) is 0 Å². The summed E-state index contributed by atoms with van der Waals surface area (Å²) in [7, 11) is 3.50. The molecule has 0 aliphatic heterocycles. The minimum absolute atomic E-state index is 0.00509. The highest BCUT2D eigenvalue weighted by Gasteiger charge is 2.17. The molecule has 2 rings (SSSR count). The third-order valence-electron chi connectivity index (χ3n) is 4.02. The van der Waals surface area contributed by atoms with Gasteiger partial charge < -0.3 is 15.5 Å². The van der Waals surface area contributed by atoms with Crippen LogP contribution in [0, 0.1) is 0 Å². The third-order valence-corrected chi connectivity index (χ3v) is 5.02. The number of hydrogen-bond acceptors (Lipinski definition) is 4. The largest absolute Gasteiger partial charge is 0.356 e. The molecule has 1 heterocycles. The van der Waals surface area contributed by atoms with E-state index in [0.29, 0.717) is 12.0 Å². The van der Waals surface area contributed by atoms with Gasteiger partial charge in [-0.25, -0.2) is 9.98 Å². The summed E-state index contributed by atoms with van der Waals surface area (Å²) in [6.07, 6.45) is 6.70. The second kappa shape index (κ2) is 8.86. The van der Waals surface area contributed by atoms with Crippen molar-refractivity contribution in [3.8, 4) is 0 Å². The summed E-state index contributed by atoms with van der Waals surface area (Å²) >= 11 is 1.67. The predicted molar refractivity (Wildman–Crippen MR) is 94.9 cm³/mol. The zero-order valence-corrected chi connectivity index (χ0v) is 15.0. The second-order valence-corrected chi connectivity index (χ2v) is 7.16. The van der Waals surface area contributed by atoms with Gasteiger partial charge in [-0.1, -0.05) is 19.8 Å². The van der Waals surface area contributed by atoms with Crippen LogP contribution in [0.15, 0.2) is 16.6 Å². The Hall–Kier alpha value is -1.63.